The number of benzene rings is 2. The molecule has 0 aromatic heterocycles. The van der Waals surface area contributed by atoms with Crippen LogP contribution in [0.5, 0.6) is 23.0 Å². The van der Waals surface area contributed by atoms with Crippen molar-refractivity contribution in [2.24, 2.45) is 0 Å². The summed E-state index contributed by atoms with van der Waals surface area (Å²) in [4.78, 5) is 26.2. The second-order valence-corrected chi connectivity index (χ2v) is 6.54. The number of rotatable bonds is 9. The standard InChI is InChI=1S/C21H23F3N2O6/c1-26(12-13-5-7-15(8-6-13)32-21(22,23)24)18(27)11-25-20(28)14-9-16(29-2)19(31-4)17(10-14)30-3/h5-10H,11-12H2,1-4H3,(H,25,28). The fourth-order valence-corrected chi connectivity index (χ4v) is 2.76. The first-order chi connectivity index (χ1) is 15.1. The third kappa shape index (κ3) is 6.69. The summed E-state index contributed by atoms with van der Waals surface area (Å²) in [6.07, 6.45) is -4.77. The molecule has 0 fully saturated rings. The Hall–Kier alpha value is -3.63. The van der Waals surface area contributed by atoms with Crippen LogP contribution in [0.25, 0.3) is 0 Å². The van der Waals surface area contributed by atoms with Crippen molar-refractivity contribution < 1.29 is 41.7 Å². The first kappa shape index (κ1) is 24.6. The molecule has 0 aliphatic rings. The number of amides is 2. The highest BCUT2D eigenvalue weighted by atomic mass is 19.4. The number of carbonyl (C=O) groups excluding carboxylic acids is 2. The van der Waals surface area contributed by atoms with E-state index in [0.29, 0.717) is 22.8 Å². The molecular weight excluding hydrogens is 433 g/mol. The van der Waals surface area contributed by atoms with Gasteiger partial charge in [0, 0.05) is 19.2 Å². The summed E-state index contributed by atoms with van der Waals surface area (Å²) >= 11 is 0. The highest BCUT2D eigenvalue weighted by molar-refractivity contribution is 5.97. The number of nitrogens with one attached hydrogen (secondary N) is 1. The average molecular weight is 456 g/mol. The molecule has 2 rings (SSSR count). The highest BCUT2D eigenvalue weighted by Crippen LogP contribution is 2.38. The van der Waals surface area contributed by atoms with Gasteiger partial charge in [0.05, 0.1) is 27.9 Å². The Morgan fingerprint density at radius 3 is 2.00 bits per heavy atom. The topological polar surface area (TPSA) is 86.3 Å². The van der Waals surface area contributed by atoms with Crippen LogP contribution < -0.4 is 24.3 Å². The van der Waals surface area contributed by atoms with Crippen molar-refractivity contribution >= 4 is 11.8 Å². The zero-order valence-electron chi connectivity index (χ0n) is 17.9. The molecule has 11 heteroatoms. The van der Waals surface area contributed by atoms with E-state index in [1.54, 1.807) is 0 Å². The van der Waals surface area contributed by atoms with Crippen molar-refractivity contribution in [2.45, 2.75) is 12.9 Å². The molecule has 0 aliphatic heterocycles. The summed E-state index contributed by atoms with van der Waals surface area (Å²) in [5, 5.41) is 2.51. The van der Waals surface area contributed by atoms with Gasteiger partial charge in [0.1, 0.15) is 5.75 Å². The van der Waals surface area contributed by atoms with Crippen LogP contribution in [0, 0.1) is 0 Å². The monoisotopic (exact) mass is 456 g/mol. The minimum Gasteiger partial charge on any atom is -0.493 e. The van der Waals surface area contributed by atoms with Gasteiger partial charge in [0.15, 0.2) is 11.5 Å². The number of halogens is 3. The van der Waals surface area contributed by atoms with Crippen LogP contribution in [0.2, 0.25) is 0 Å². The van der Waals surface area contributed by atoms with E-state index in [1.807, 2.05) is 0 Å². The maximum Gasteiger partial charge on any atom is 0.573 e. The summed E-state index contributed by atoms with van der Waals surface area (Å²) in [7, 11) is 5.78. The molecule has 2 aromatic rings. The van der Waals surface area contributed by atoms with Gasteiger partial charge in [-0.3, -0.25) is 9.59 Å². The molecule has 0 heterocycles. The van der Waals surface area contributed by atoms with Gasteiger partial charge in [-0.1, -0.05) is 12.1 Å². The van der Waals surface area contributed by atoms with E-state index >= 15 is 0 Å². The van der Waals surface area contributed by atoms with Crippen molar-refractivity contribution in [3.05, 3.63) is 47.5 Å². The van der Waals surface area contributed by atoms with Crippen LogP contribution in [-0.4, -0.2) is 58.0 Å². The zero-order chi connectivity index (χ0) is 23.9. The van der Waals surface area contributed by atoms with E-state index in [2.05, 4.69) is 10.1 Å². The van der Waals surface area contributed by atoms with Gasteiger partial charge in [0.2, 0.25) is 11.7 Å². The molecule has 1 N–H and O–H groups in total. The van der Waals surface area contributed by atoms with Gasteiger partial charge in [-0.2, -0.15) is 0 Å². The third-order valence-corrected chi connectivity index (χ3v) is 4.33. The van der Waals surface area contributed by atoms with Crippen LogP contribution in [0.1, 0.15) is 15.9 Å². The Kier molecular flexibility index (Phi) is 8.16. The van der Waals surface area contributed by atoms with E-state index in [-0.39, 0.29) is 24.4 Å². The molecule has 174 valence electrons. The Morgan fingerprint density at radius 1 is 0.969 bits per heavy atom. The Balaban J connectivity index is 1.96. The second-order valence-electron chi connectivity index (χ2n) is 6.54. The van der Waals surface area contributed by atoms with Crippen LogP contribution in [-0.2, 0) is 11.3 Å². The summed E-state index contributed by atoms with van der Waals surface area (Å²) in [5.74, 6) is -0.375. The molecule has 0 aliphatic carbocycles. The fraction of sp³-hybridized carbons (Fsp3) is 0.333. The number of hydrogen-bond donors (Lipinski definition) is 1. The number of hydrogen-bond acceptors (Lipinski definition) is 6. The molecule has 0 bridgehead atoms. The lowest BCUT2D eigenvalue weighted by Crippen LogP contribution is -2.37. The summed E-state index contributed by atoms with van der Waals surface area (Å²) in [6, 6.07) is 8.06. The molecule has 2 aromatic carbocycles. The Bertz CT molecular complexity index is 923. The van der Waals surface area contributed by atoms with E-state index in [9.17, 15) is 22.8 Å². The first-order valence-electron chi connectivity index (χ1n) is 9.24. The third-order valence-electron chi connectivity index (χ3n) is 4.33. The van der Waals surface area contributed by atoms with Gasteiger partial charge >= 0.3 is 6.36 Å². The normalized spacial score (nSPS) is 10.8. The minimum absolute atomic E-state index is 0.130. The van der Waals surface area contributed by atoms with Gasteiger partial charge in [-0.05, 0) is 29.8 Å². The quantitative estimate of drug-likeness (QED) is 0.625. The summed E-state index contributed by atoms with van der Waals surface area (Å²) in [6.45, 7) is -0.160. The van der Waals surface area contributed by atoms with Crippen molar-refractivity contribution in [1.82, 2.24) is 10.2 Å². The number of alkyl halides is 3. The molecule has 0 saturated carbocycles. The number of methoxy groups -OCH3 is 3. The molecule has 0 saturated heterocycles. The van der Waals surface area contributed by atoms with E-state index in [4.69, 9.17) is 14.2 Å². The van der Waals surface area contributed by atoms with Crippen LogP contribution in [0.4, 0.5) is 13.2 Å². The van der Waals surface area contributed by atoms with Crippen molar-refractivity contribution in [3.8, 4) is 23.0 Å². The number of ether oxygens (including phenoxy) is 4. The molecule has 2 amide bonds. The fourth-order valence-electron chi connectivity index (χ4n) is 2.76. The number of likely N-dealkylation sites (N-methyl/N-ethyl adjacent to an activating group) is 1. The smallest absolute Gasteiger partial charge is 0.493 e. The Morgan fingerprint density at radius 2 is 1.53 bits per heavy atom. The maximum atomic E-state index is 12.5. The maximum absolute atomic E-state index is 12.5. The predicted octanol–water partition coefficient (Wildman–Crippen LogP) is 3.00. The lowest BCUT2D eigenvalue weighted by Gasteiger charge is -2.18. The van der Waals surface area contributed by atoms with Crippen molar-refractivity contribution in [2.75, 3.05) is 34.9 Å². The van der Waals surface area contributed by atoms with E-state index in [1.165, 1.54) is 57.5 Å². The van der Waals surface area contributed by atoms with Crippen LogP contribution >= 0.6 is 0 Å². The molecule has 0 spiro atoms. The highest BCUT2D eigenvalue weighted by Gasteiger charge is 2.31. The predicted molar refractivity (Wildman–Crippen MR) is 108 cm³/mol. The van der Waals surface area contributed by atoms with E-state index < -0.39 is 18.2 Å². The largest absolute Gasteiger partial charge is 0.573 e. The molecule has 0 atom stereocenters. The second kappa shape index (κ2) is 10.6. The molecule has 32 heavy (non-hydrogen) atoms. The lowest BCUT2D eigenvalue weighted by molar-refractivity contribution is -0.274. The molecule has 0 radical (unpaired) electrons. The lowest BCUT2D eigenvalue weighted by atomic mass is 10.1. The molecular formula is C21H23F3N2O6. The number of carbonyl (C=O) groups is 2. The summed E-state index contributed by atoms with van der Waals surface area (Å²) < 4.78 is 56.1. The summed E-state index contributed by atoms with van der Waals surface area (Å²) in [5.41, 5.74) is 0.793. The minimum atomic E-state index is -4.77. The average Bonchev–Trinajstić information content (AvgIpc) is 2.76. The van der Waals surface area contributed by atoms with Crippen LogP contribution in [0.15, 0.2) is 36.4 Å². The van der Waals surface area contributed by atoms with Crippen LogP contribution in [0.3, 0.4) is 0 Å². The number of nitrogens with zero attached hydrogens (tertiary/aromatic N) is 1. The first-order valence-corrected chi connectivity index (χ1v) is 9.24. The SMILES string of the molecule is COc1cc(C(=O)NCC(=O)N(C)Cc2ccc(OC(F)(F)F)cc2)cc(OC)c1OC. The Labute approximate surface area is 182 Å². The van der Waals surface area contributed by atoms with Gasteiger partial charge < -0.3 is 29.2 Å². The molecule has 0 unspecified atom stereocenters. The van der Waals surface area contributed by atoms with E-state index in [0.717, 1.165) is 12.1 Å². The van der Waals surface area contributed by atoms with Gasteiger partial charge in [-0.25, -0.2) is 0 Å². The zero-order valence-corrected chi connectivity index (χ0v) is 17.9. The van der Waals surface area contributed by atoms with Gasteiger partial charge in [0.25, 0.3) is 5.91 Å². The van der Waals surface area contributed by atoms with Crippen molar-refractivity contribution in [3.63, 3.8) is 0 Å². The van der Waals surface area contributed by atoms with Gasteiger partial charge in [-0.15, -0.1) is 13.2 Å². The molecule has 8 nitrogen and oxygen atoms in total. The van der Waals surface area contributed by atoms with Crippen molar-refractivity contribution in [1.29, 1.82) is 0 Å².